The van der Waals surface area contributed by atoms with E-state index >= 15 is 0 Å². The summed E-state index contributed by atoms with van der Waals surface area (Å²) in [5.41, 5.74) is 4.66. The summed E-state index contributed by atoms with van der Waals surface area (Å²) in [6.07, 6.45) is 5.44. The van der Waals surface area contributed by atoms with Gasteiger partial charge in [0.15, 0.2) is 5.11 Å². The molecule has 0 saturated heterocycles. The maximum absolute atomic E-state index is 5.24. The van der Waals surface area contributed by atoms with Gasteiger partial charge in [-0.25, -0.2) is 0 Å². The zero-order chi connectivity index (χ0) is 15.6. The van der Waals surface area contributed by atoms with Gasteiger partial charge in [0.25, 0.3) is 0 Å². The largest absolute Gasteiger partial charge is 0.495 e. The second-order valence-electron chi connectivity index (χ2n) is 4.31. The van der Waals surface area contributed by atoms with Crippen LogP contribution in [0.4, 0.5) is 5.69 Å². The van der Waals surface area contributed by atoms with E-state index in [2.05, 4.69) is 15.8 Å². The van der Waals surface area contributed by atoms with Crippen molar-refractivity contribution in [1.82, 2.24) is 5.43 Å². The summed E-state index contributed by atoms with van der Waals surface area (Å²) in [7, 11) is 1.61. The summed E-state index contributed by atoms with van der Waals surface area (Å²) in [6, 6.07) is 17.5. The predicted octanol–water partition coefficient (Wildman–Crippen LogP) is 3.68. The van der Waals surface area contributed by atoms with Gasteiger partial charge in [0.2, 0.25) is 0 Å². The summed E-state index contributed by atoms with van der Waals surface area (Å²) < 4.78 is 5.24. The van der Waals surface area contributed by atoms with Crippen LogP contribution in [0.1, 0.15) is 5.56 Å². The van der Waals surface area contributed by atoms with Gasteiger partial charge in [0.05, 0.1) is 12.8 Å². The minimum Gasteiger partial charge on any atom is -0.495 e. The topological polar surface area (TPSA) is 45.6 Å². The third-order valence-corrected chi connectivity index (χ3v) is 2.96. The first kappa shape index (κ1) is 15.7. The number of rotatable bonds is 5. The number of benzene rings is 2. The Morgan fingerprint density at radius 1 is 1.09 bits per heavy atom. The van der Waals surface area contributed by atoms with Gasteiger partial charge in [-0.15, -0.1) is 0 Å². The van der Waals surface area contributed by atoms with Crippen LogP contribution in [0.15, 0.2) is 65.8 Å². The van der Waals surface area contributed by atoms with E-state index in [1.807, 2.05) is 66.7 Å². The van der Waals surface area contributed by atoms with Gasteiger partial charge in [-0.3, -0.25) is 5.43 Å². The number of hydrogen-bond acceptors (Lipinski definition) is 3. The summed E-state index contributed by atoms with van der Waals surface area (Å²) in [4.78, 5) is 0. The molecule has 0 amide bonds. The lowest BCUT2D eigenvalue weighted by Gasteiger charge is -2.10. The number of allylic oxidation sites excluding steroid dienone is 1. The second kappa shape index (κ2) is 8.59. The number of nitrogens with one attached hydrogen (secondary N) is 2. The van der Waals surface area contributed by atoms with E-state index < -0.39 is 0 Å². The third kappa shape index (κ3) is 5.03. The quantitative estimate of drug-likeness (QED) is 0.502. The van der Waals surface area contributed by atoms with Crippen molar-refractivity contribution in [1.29, 1.82) is 0 Å². The summed E-state index contributed by atoms with van der Waals surface area (Å²) in [5.74, 6) is 0.722. The van der Waals surface area contributed by atoms with E-state index in [-0.39, 0.29) is 0 Å². The number of methoxy groups -OCH3 is 1. The molecule has 0 aromatic heterocycles. The molecule has 0 atom stereocenters. The fraction of sp³-hybridized carbons (Fsp3) is 0.0588. The molecule has 0 aliphatic heterocycles. The molecule has 4 nitrogen and oxygen atoms in total. The normalized spacial score (nSPS) is 10.8. The van der Waals surface area contributed by atoms with E-state index in [0.29, 0.717) is 5.11 Å². The van der Waals surface area contributed by atoms with Crippen LogP contribution in [0, 0.1) is 0 Å². The third-order valence-electron chi connectivity index (χ3n) is 2.77. The molecule has 2 rings (SSSR count). The molecule has 0 radical (unpaired) electrons. The fourth-order valence-electron chi connectivity index (χ4n) is 1.76. The molecule has 0 aliphatic rings. The van der Waals surface area contributed by atoms with Gasteiger partial charge >= 0.3 is 0 Å². The summed E-state index contributed by atoms with van der Waals surface area (Å²) in [6.45, 7) is 0. The number of hydrazone groups is 1. The smallest absolute Gasteiger partial charge is 0.191 e. The van der Waals surface area contributed by atoms with Crippen LogP contribution in [0.5, 0.6) is 5.75 Å². The molecule has 2 aromatic rings. The fourth-order valence-corrected chi connectivity index (χ4v) is 1.92. The molecule has 0 fully saturated rings. The standard InChI is InChI=1S/C17H17N3OS/c1-21-16-12-6-5-11-15(16)19-17(22)20-18-13-7-10-14-8-3-2-4-9-14/h2-13H,1H3,(H2,19,20,22)/b10-7+,18-13-. The van der Waals surface area contributed by atoms with E-state index in [1.165, 1.54) is 0 Å². The van der Waals surface area contributed by atoms with Crippen LogP contribution in [-0.4, -0.2) is 18.4 Å². The SMILES string of the molecule is COc1ccccc1NC(=S)N/N=C\C=C\c1ccccc1. The first-order chi connectivity index (χ1) is 10.8. The Morgan fingerprint density at radius 2 is 1.82 bits per heavy atom. The van der Waals surface area contributed by atoms with Crippen LogP contribution < -0.4 is 15.5 Å². The lowest BCUT2D eigenvalue weighted by molar-refractivity contribution is 0.417. The number of nitrogens with zero attached hydrogens (tertiary/aromatic N) is 1. The summed E-state index contributed by atoms with van der Waals surface area (Å²) in [5, 5.41) is 7.46. The number of thiocarbonyl (C=S) groups is 1. The Hall–Kier alpha value is -2.66. The molecule has 22 heavy (non-hydrogen) atoms. The van der Waals surface area contributed by atoms with Crippen molar-refractivity contribution in [3.63, 3.8) is 0 Å². The zero-order valence-electron chi connectivity index (χ0n) is 12.2. The first-order valence-electron chi connectivity index (χ1n) is 6.74. The molecule has 5 heteroatoms. The highest BCUT2D eigenvalue weighted by molar-refractivity contribution is 7.80. The first-order valence-corrected chi connectivity index (χ1v) is 7.15. The molecular formula is C17H17N3OS. The molecule has 2 aromatic carbocycles. The van der Waals surface area contributed by atoms with E-state index in [1.54, 1.807) is 13.3 Å². The Labute approximate surface area is 135 Å². The maximum atomic E-state index is 5.24. The van der Waals surface area contributed by atoms with Crippen molar-refractivity contribution in [3.8, 4) is 5.75 Å². The Kier molecular flexibility index (Phi) is 6.14. The number of ether oxygens (including phenoxy) is 1. The molecule has 112 valence electrons. The van der Waals surface area contributed by atoms with Crippen molar-refractivity contribution < 1.29 is 4.74 Å². The van der Waals surface area contributed by atoms with Crippen molar-refractivity contribution in [2.24, 2.45) is 5.10 Å². The molecule has 0 spiro atoms. The molecule has 0 heterocycles. The molecule has 2 N–H and O–H groups in total. The lowest BCUT2D eigenvalue weighted by Crippen LogP contribution is -2.23. The van der Waals surface area contributed by atoms with Gasteiger partial charge in [-0.1, -0.05) is 48.5 Å². The predicted molar refractivity (Wildman–Crippen MR) is 96.3 cm³/mol. The average molecular weight is 311 g/mol. The summed E-state index contributed by atoms with van der Waals surface area (Å²) >= 11 is 5.17. The van der Waals surface area contributed by atoms with Gasteiger partial charge in [0, 0.05) is 6.21 Å². The van der Waals surface area contributed by atoms with Crippen molar-refractivity contribution in [2.45, 2.75) is 0 Å². The van der Waals surface area contributed by atoms with E-state index in [9.17, 15) is 0 Å². The van der Waals surface area contributed by atoms with Crippen LogP contribution in [-0.2, 0) is 0 Å². The van der Waals surface area contributed by atoms with Gasteiger partial charge in [-0.2, -0.15) is 5.10 Å². The highest BCUT2D eigenvalue weighted by atomic mass is 32.1. The van der Waals surface area contributed by atoms with Crippen LogP contribution in [0.3, 0.4) is 0 Å². The Morgan fingerprint density at radius 3 is 2.59 bits per heavy atom. The minimum absolute atomic E-state index is 0.397. The van der Waals surface area contributed by atoms with Gasteiger partial charge in [-0.05, 0) is 36.0 Å². The highest BCUT2D eigenvalue weighted by Crippen LogP contribution is 2.22. The highest BCUT2D eigenvalue weighted by Gasteiger charge is 2.02. The van der Waals surface area contributed by atoms with Crippen LogP contribution in [0.2, 0.25) is 0 Å². The number of hydrogen-bond donors (Lipinski definition) is 2. The minimum atomic E-state index is 0.397. The average Bonchev–Trinajstić information content (AvgIpc) is 2.56. The zero-order valence-corrected chi connectivity index (χ0v) is 13.0. The lowest BCUT2D eigenvalue weighted by atomic mass is 10.2. The van der Waals surface area contributed by atoms with Crippen molar-refractivity contribution >= 4 is 35.3 Å². The Balaban J connectivity index is 1.82. The monoisotopic (exact) mass is 311 g/mol. The molecular weight excluding hydrogens is 294 g/mol. The van der Waals surface area contributed by atoms with Crippen molar-refractivity contribution in [3.05, 3.63) is 66.2 Å². The van der Waals surface area contributed by atoms with Gasteiger partial charge in [0.1, 0.15) is 5.75 Å². The molecule has 0 unspecified atom stereocenters. The van der Waals surface area contributed by atoms with Crippen molar-refractivity contribution in [2.75, 3.05) is 12.4 Å². The second-order valence-corrected chi connectivity index (χ2v) is 4.72. The van der Waals surface area contributed by atoms with Crippen LogP contribution in [0.25, 0.3) is 6.08 Å². The van der Waals surface area contributed by atoms with Gasteiger partial charge < -0.3 is 10.1 Å². The number of para-hydroxylation sites is 2. The molecule has 0 aliphatic carbocycles. The molecule has 0 bridgehead atoms. The Bertz CT molecular complexity index is 669. The van der Waals surface area contributed by atoms with Crippen LogP contribution >= 0.6 is 12.2 Å². The molecule has 0 saturated carbocycles. The van der Waals surface area contributed by atoms with E-state index in [4.69, 9.17) is 17.0 Å². The van der Waals surface area contributed by atoms with E-state index in [0.717, 1.165) is 17.0 Å². The number of anilines is 1. The maximum Gasteiger partial charge on any atom is 0.191 e.